The number of esters is 1. The van der Waals surface area contributed by atoms with Gasteiger partial charge in [0.1, 0.15) is 0 Å². The van der Waals surface area contributed by atoms with E-state index in [1.807, 2.05) is 42.5 Å². The lowest BCUT2D eigenvalue weighted by Crippen LogP contribution is -2.33. The number of hydrogen-bond acceptors (Lipinski definition) is 4. The van der Waals surface area contributed by atoms with Crippen LogP contribution in [0.5, 0.6) is 0 Å². The molecule has 0 N–H and O–H groups in total. The van der Waals surface area contributed by atoms with Crippen molar-refractivity contribution in [3.8, 4) is 0 Å². The first kappa shape index (κ1) is 18.6. The van der Waals surface area contributed by atoms with Crippen LogP contribution in [0.25, 0.3) is 0 Å². The van der Waals surface area contributed by atoms with Crippen LogP contribution in [0.3, 0.4) is 0 Å². The van der Waals surface area contributed by atoms with Gasteiger partial charge in [0.05, 0.1) is 16.7 Å². The van der Waals surface area contributed by atoms with Gasteiger partial charge in [-0.2, -0.15) is 0 Å². The Balaban J connectivity index is 1.43. The Morgan fingerprint density at radius 1 is 0.724 bits per heavy atom. The number of aryl methyl sites for hydroxylation is 2. The van der Waals surface area contributed by atoms with Gasteiger partial charge in [0, 0.05) is 0 Å². The normalized spacial score (nSPS) is 12.8. The van der Waals surface area contributed by atoms with Gasteiger partial charge in [-0.05, 0) is 42.2 Å². The van der Waals surface area contributed by atoms with Gasteiger partial charge >= 0.3 is 5.97 Å². The van der Waals surface area contributed by atoms with E-state index in [9.17, 15) is 14.4 Å². The zero-order valence-electron chi connectivity index (χ0n) is 15.7. The second kappa shape index (κ2) is 8.10. The van der Waals surface area contributed by atoms with E-state index in [0.29, 0.717) is 23.1 Å². The lowest BCUT2D eigenvalue weighted by Gasteiger charge is -2.15. The molecular weight excluding hydrogens is 366 g/mol. The summed E-state index contributed by atoms with van der Waals surface area (Å²) in [6.07, 6.45) is 1.48. The fraction of sp³-hybridized carbons (Fsp3) is 0.125. The Labute approximate surface area is 168 Å². The quantitative estimate of drug-likeness (QED) is 0.477. The lowest BCUT2D eigenvalue weighted by molar-refractivity contribution is 0.0227. The molecule has 144 valence electrons. The minimum atomic E-state index is -0.551. The highest BCUT2D eigenvalue weighted by Crippen LogP contribution is 2.22. The largest absolute Gasteiger partial charge is 0.440 e. The third kappa shape index (κ3) is 3.80. The number of carbonyl (C=O) groups is 3. The highest BCUT2D eigenvalue weighted by atomic mass is 16.5. The average molecular weight is 385 g/mol. The molecule has 1 aliphatic rings. The number of nitrogens with zero attached hydrogens (tertiary/aromatic N) is 1. The molecule has 0 saturated carbocycles. The number of fused-ring (bicyclic) bond motifs is 1. The van der Waals surface area contributed by atoms with Crippen LogP contribution in [0.1, 0.15) is 42.2 Å². The summed E-state index contributed by atoms with van der Waals surface area (Å²) >= 11 is 0. The molecule has 0 spiro atoms. The molecule has 29 heavy (non-hydrogen) atoms. The number of ether oxygens (including phenoxy) is 1. The predicted molar refractivity (Wildman–Crippen MR) is 108 cm³/mol. The summed E-state index contributed by atoms with van der Waals surface area (Å²) in [5, 5.41) is 0. The fourth-order valence-corrected chi connectivity index (χ4v) is 3.42. The van der Waals surface area contributed by atoms with Crippen molar-refractivity contribution in [3.05, 3.63) is 107 Å². The first-order valence-corrected chi connectivity index (χ1v) is 9.39. The number of carbonyl (C=O) groups excluding carboxylic acids is 3. The van der Waals surface area contributed by atoms with E-state index in [1.165, 1.54) is 5.56 Å². The number of benzene rings is 3. The molecule has 0 aliphatic carbocycles. The molecule has 5 nitrogen and oxygen atoms in total. The van der Waals surface area contributed by atoms with Crippen LogP contribution in [0.4, 0.5) is 0 Å². The lowest BCUT2D eigenvalue weighted by atomic mass is 10.00. The van der Waals surface area contributed by atoms with E-state index in [-0.39, 0.29) is 0 Å². The molecule has 1 aliphatic heterocycles. The molecule has 0 unspecified atom stereocenters. The molecule has 4 rings (SSSR count). The summed E-state index contributed by atoms with van der Waals surface area (Å²) in [4.78, 5) is 38.4. The maximum Gasteiger partial charge on any atom is 0.340 e. The molecule has 0 saturated heterocycles. The van der Waals surface area contributed by atoms with Crippen LogP contribution in [0.15, 0.2) is 78.9 Å². The van der Waals surface area contributed by atoms with Crippen molar-refractivity contribution in [1.82, 2.24) is 4.90 Å². The summed E-state index contributed by atoms with van der Waals surface area (Å²) in [5.74, 6) is -1.45. The predicted octanol–water partition coefficient (Wildman–Crippen LogP) is 3.88. The molecule has 0 bridgehead atoms. The van der Waals surface area contributed by atoms with Gasteiger partial charge in [0.25, 0.3) is 11.8 Å². The van der Waals surface area contributed by atoms with Crippen LogP contribution >= 0.6 is 0 Å². The van der Waals surface area contributed by atoms with Gasteiger partial charge in [0.2, 0.25) is 0 Å². The smallest absolute Gasteiger partial charge is 0.340 e. The second-order valence-corrected chi connectivity index (χ2v) is 6.79. The van der Waals surface area contributed by atoms with Crippen molar-refractivity contribution in [2.24, 2.45) is 0 Å². The second-order valence-electron chi connectivity index (χ2n) is 6.79. The van der Waals surface area contributed by atoms with E-state index in [1.54, 1.807) is 36.4 Å². The van der Waals surface area contributed by atoms with E-state index in [0.717, 1.165) is 16.9 Å². The number of imide groups is 1. The molecule has 1 heterocycles. The standard InChI is InChI=1S/C24H19NO4/c26-22-20-12-6-7-13-21(20)23(27)25(22)16-29-24(28)19-11-5-4-10-18(19)15-14-17-8-2-1-3-9-17/h1-13H,14-16H2. The molecule has 0 radical (unpaired) electrons. The Kier molecular flexibility index (Phi) is 5.20. The van der Waals surface area contributed by atoms with Crippen molar-refractivity contribution >= 4 is 17.8 Å². The van der Waals surface area contributed by atoms with Crippen molar-refractivity contribution in [1.29, 1.82) is 0 Å². The van der Waals surface area contributed by atoms with Gasteiger partial charge in [-0.25, -0.2) is 9.69 Å². The highest BCUT2D eigenvalue weighted by molar-refractivity contribution is 6.21. The van der Waals surface area contributed by atoms with Crippen LogP contribution in [0.2, 0.25) is 0 Å². The molecular formula is C24H19NO4. The zero-order valence-corrected chi connectivity index (χ0v) is 15.7. The van der Waals surface area contributed by atoms with Crippen LogP contribution < -0.4 is 0 Å². The highest BCUT2D eigenvalue weighted by Gasteiger charge is 2.35. The van der Waals surface area contributed by atoms with Crippen molar-refractivity contribution in [2.45, 2.75) is 12.8 Å². The minimum Gasteiger partial charge on any atom is -0.440 e. The van der Waals surface area contributed by atoms with Gasteiger partial charge in [-0.15, -0.1) is 0 Å². The van der Waals surface area contributed by atoms with Gasteiger partial charge < -0.3 is 4.74 Å². The number of rotatable bonds is 6. The molecule has 0 aromatic heterocycles. The molecule has 2 amide bonds. The summed E-state index contributed by atoms with van der Waals surface area (Å²) in [6.45, 7) is -0.405. The summed E-state index contributed by atoms with van der Waals surface area (Å²) in [6, 6.07) is 23.8. The Morgan fingerprint density at radius 2 is 1.31 bits per heavy atom. The molecule has 0 atom stereocenters. The maximum absolute atomic E-state index is 12.6. The average Bonchev–Trinajstić information content (AvgIpc) is 3.01. The fourth-order valence-electron chi connectivity index (χ4n) is 3.42. The molecule has 3 aromatic carbocycles. The summed E-state index contributed by atoms with van der Waals surface area (Å²) < 4.78 is 5.32. The molecule has 3 aromatic rings. The number of hydrogen-bond donors (Lipinski definition) is 0. The van der Waals surface area contributed by atoms with Gasteiger partial charge in [-0.1, -0.05) is 60.7 Å². The maximum atomic E-state index is 12.6. The van der Waals surface area contributed by atoms with Crippen LogP contribution in [-0.4, -0.2) is 29.4 Å². The van der Waals surface area contributed by atoms with E-state index in [4.69, 9.17) is 4.74 Å². The van der Waals surface area contributed by atoms with E-state index in [2.05, 4.69) is 0 Å². The zero-order chi connectivity index (χ0) is 20.2. The molecule has 0 fully saturated rings. The first-order chi connectivity index (χ1) is 14.1. The van der Waals surface area contributed by atoms with Crippen molar-refractivity contribution < 1.29 is 19.1 Å². The van der Waals surface area contributed by atoms with Crippen LogP contribution in [0, 0.1) is 0 Å². The summed E-state index contributed by atoms with van der Waals surface area (Å²) in [5.41, 5.74) is 3.15. The van der Waals surface area contributed by atoms with Crippen molar-refractivity contribution in [2.75, 3.05) is 6.73 Å². The topological polar surface area (TPSA) is 63.7 Å². The number of amides is 2. The van der Waals surface area contributed by atoms with Crippen molar-refractivity contribution in [3.63, 3.8) is 0 Å². The van der Waals surface area contributed by atoms with Gasteiger partial charge in [-0.3, -0.25) is 9.59 Å². The van der Waals surface area contributed by atoms with E-state index >= 15 is 0 Å². The SMILES string of the molecule is O=C(OCN1C(=O)c2ccccc2C1=O)c1ccccc1CCc1ccccc1. The van der Waals surface area contributed by atoms with E-state index < -0.39 is 24.5 Å². The minimum absolute atomic E-state index is 0.330. The third-order valence-corrected chi connectivity index (χ3v) is 4.97. The van der Waals surface area contributed by atoms with Gasteiger partial charge in [0.15, 0.2) is 6.73 Å². The monoisotopic (exact) mass is 385 g/mol. The Morgan fingerprint density at radius 3 is 2.00 bits per heavy atom. The Hall–Kier alpha value is -3.73. The summed E-state index contributed by atoms with van der Waals surface area (Å²) in [7, 11) is 0. The Bertz CT molecular complexity index is 1040. The first-order valence-electron chi connectivity index (χ1n) is 9.39. The van der Waals surface area contributed by atoms with Crippen LogP contribution in [-0.2, 0) is 17.6 Å². The third-order valence-electron chi connectivity index (χ3n) is 4.97. The molecule has 5 heteroatoms.